The topological polar surface area (TPSA) is 20.2 Å². The summed E-state index contributed by atoms with van der Waals surface area (Å²) in [6, 6.07) is 8.82. The van der Waals surface area contributed by atoms with Crippen molar-refractivity contribution in [3.05, 3.63) is 71.0 Å². The molecule has 0 aliphatic rings. The SMILES string of the molecule is OC(Cc1c(F)cccc1F)c1cccc(F)c1. The quantitative estimate of drug-likeness (QED) is 0.887. The fourth-order valence-corrected chi connectivity index (χ4v) is 1.75. The Balaban J connectivity index is 2.24. The van der Waals surface area contributed by atoms with Gasteiger partial charge in [-0.05, 0) is 29.8 Å². The van der Waals surface area contributed by atoms with E-state index in [1.54, 1.807) is 0 Å². The zero-order chi connectivity index (χ0) is 13.1. The smallest absolute Gasteiger partial charge is 0.129 e. The zero-order valence-corrected chi connectivity index (χ0v) is 9.41. The number of aliphatic hydroxyl groups excluding tert-OH is 1. The van der Waals surface area contributed by atoms with Gasteiger partial charge in [0.05, 0.1) is 6.10 Å². The van der Waals surface area contributed by atoms with E-state index < -0.39 is 23.6 Å². The van der Waals surface area contributed by atoms with Gasteiger partial charge in [-0.1, -0.05) is 18.2 Å². The van der Waals surface area contributed by atoms with Crippen LogP contribution in [0.15, 0.2) is 42.5 Å². The van der Waals surface area contributed by atoms with E-state index in [9.17, 15) is 18.3 Å². The molecule has 2 rings (SSSR count). The predicted octanol–water partition coefficient (Wildman–Crippen LogP) is 3.38. The fraction of sp³-hybridized carbons (Fsp3) is 0.143. The van der Waals surface area contributed by atoms with Crippen LogP contribution in [0.2, 0.25) is 0 Å². The first kappa shape index (κ1) is 12.6. The van der Waals surface area contributed by atoms with Crippen molar-refractivity contribution in [2.45, 2.75) is 12.5 Å². The van der Waals surface area contributed by atoms with Gasteiger partial charge < -0.3 is 5.11 Å². The number of halogens is 3. The maximum Gasteiger partial charge on any atom is 0.129 e. The van der Waals surface area contributed by atoms with Gasteiger partial charge in [0.15, 0.2) is 0 Å². The molecule has 1 nitrogen and oxygen atoms in total. The Hall–Kier alpha value is -1.81. The van der Waals surface area contributed by atoms with Crippen LogP contribution >= 0.6 is 0 Å². The molecule has 0 spiro atoms. The summed E-state index contributed by atoms with van der Waals surface area (Å²) in [7, 11) is 0. The van der Waals surface area contributed by atoms with E-state index in [0.29, 0.717) is 0 Å². The number of hydrogen-bond acceptors (Lipinski definition) is 1. The van der Waals surface area contributed by atoms with E-state index in [4.69, 9.17) is 0 Å². The van der Waals surface area contributed by atoms with Crippen LogP contribution in [0, 0.1) is 17.5 Å². The number of hydrogen-bond donors (Lipinski definition) is 1. The van der Waals surface area contributed by atoms with Gasteiger partial charge in [-0.15, -0.1) is 0 Å². The summed E-state index contributed by atoms with van der Waals surface area (Å²) in [5.41, 5.74) is 0.0897. The lowest BCUT2D eigenvalue weighted by molar-refractivity contribution is 0.175. The molecule has 0 bridgehead atoms. The van der Waals surface area contributed by atoms with E-state index in [-0.39, 0.29) is 17.5 Å². The van der Waals surface area contributed by atoms with Crippen molar-refractivity contribution in [3.8, 4) is 0 Å². The van der Waals surface area contributed by atoms with Crippen LogP contribution in [0.4, 0.5) is 13.2 Å². The van der Waals surface area contributed by atoms with Crippen LogP contribution < -0.4 is 0 Å². The molecule has 0 saturated heterocycles. The predicted molar refractivity (Wildman–Crippen MR) is 61.4 cm³/mol. The first-order valence-electron chi connectivity index (χ1n) is 5.44. The van der Waals surface area contributed by atoms with Crippen molar-refractivity contribution in [1.82, 2.24) is 0 Å². The monoisotopic (exact) mass is 252 g/mol. The third-order valence-electron chi connectivity index (χ3n) is 2.69. The van der Waals surface area contributed by atoms with Gasteiger partial charge in [0.25, 0.3) is 0 Å². The van der Waals surface area contributed by atoms with Crippen LogP contribution in [0.1, 0.15) is 17.2 Å². The molecule has 0 amide bonds. The second kappa shape index (κ2) is 5.23. The summed E-state index contributed by atoms with van der Waals surface area (Å²) >= 11 is 0. The number of rotatable bonds is 3. The van der Waals surface area contributed by atoms with Gasteiger partial charge in [0, 0.05) is 12.0 Å². The maximum atomic E-state index is 13.4. The fourth-order valence-electron chi connectivity index (χ4n) is 1.75. The summed E-state index contributed by atoms with van der Waals surface area (Å²) in [4.78, 5) is 0. The molecule has 1 unspecified atom stereocenters. The molecule has 2 aromatic rings. The Morgan fingerprint density at radius 1 is 0.944 bits per heavy atom. The molecule has 0 saturated carbocycles. The first-order chi connectivity index (χ1) is 8.58. The third-order valence-corrected chi connectivity index (χ3v) is 2.69. The second-order valence-corrected chi connectivity index (χ2v) is 3.98. The van der Waals surface area contributed by atoms with Gasteiger partial charge in [-0.2, -0.15) is 0 Å². The highest BCUT2D eigenvalue weighted by Crippen LogP contribution is 2.22. The molecule has 94 valence electrons. The molecule has 18 heavy (non-hydrogen) atoms. The Morgan fingerprint density at radius 3 is 2.17 bits per heavy atom. The highest BCUT2D eigenvalue weighted by Gasteiger charge is 2.15. The van der Waals surface area contributed by atoms with Crippen molar-refractivity contribution in [2.24, 2.45) is 0 Å². The standard InChI is InChI=1S/C14H11F3O/c15-10-4-1-3-9(7-10)14(18)8-11-12(16)5-2-6-13(11)17/h1-7,14,18H,8H2. The van der Waals surface area contributed by atoms with Crippen LogP contribution in [0.25, 0.3) is 0 Å². The van der Waals surface area contributed by atoms with Gasteiger partial charge in [0.1, 0.15) is 17.5 Å². The van der Waals surface area contributed by atoms with Crippen molar-refractivity contribution in [3.63, 3.8) is 0 Å². The van der Waals surface area contributed by atoms with E-state index in [1.807, 2.05) is 0 Å². The molecule has 1 N–H and O–H groups in total. The largest absolute Gasteiger partial charge is 0.388 e. The second-order valence-electron chi connectivity index (χ2n) is 3.98. The molecule has 0 aromatic heterocycles. The molecular formula is C14H11F3O. The van der Waals surface area contributed by atoms with Gasteiger partial charge in [-0.3, -0.25) is 0 Å². The Labute approximate surface area is 103 Å². The van der Waals surface area contributed by atoms with Crippen molar-refractivity contribution in [1.29, 1.82) is 0 Å². The van der Waals surface area contributed by atoms with Crippen LogP contribution in [0.3, 0.4) is 0 Å². The van der Waals surface area contributed by atoms with Gasteiger partial charge >= 0.3 is 0 Å². The van der Waals surface area contributed by atoms with Crippen molar-refractivity contribution >= 4 is 0 Å². The summed E-state index contributed by atoms with van der Waals surface area (Å²) in [6.07, 6.45) is -1.38. The first-order valence-corrected chi connectivity index (χ1v) is 5.44. The lowest BCUT2D eigenvalue weighted by Gasteiger charge is -2.12. The maximum absolute atomic E-state index is 13.4. The van der Waals surface area contributed by atoms with E-state index >= 15 is 0 Å². The highest BCUT2D eigenvalue weighted by atomic mass is 19.1. The number of aliphatic hydroxyl groups is 1. The van der Waals surface area contributed by atoms with E-state index in [1.165, 1.54) is 24.3 Å². The average Bonchev–Trinajstić information content (AvgIpc) is 2.34. The molecule has 4 heteroatoms. The Morgan fingerprint density at radius 2 is 1.56 bits per heavy atom. The molecule has 0 aliphatic carbocycles. The summed E-state index contributed by atoms with van der Waals surface area (Å²) in [6.45, 7) is 0. The Kier molecular flexibility index (Phi) is 3.67. The normalized spacial score (nSPS) is 12.4. The lowest BCUT2D eigenvalue weighted by Crippen LogP contribution is -2.06. The van der Waals surface area contributed by atoms with Crippen molar-refractivity contribution < 1.29 is 18.3 Å². The lowest BCUT2D eigenvalue weighted by atomic mass is 10.0. The highest BCUT2D eigenvalue weighted by molar-refractivity contribution is 5.25. The van der Waals surface area contributed by atoms with Gasteiger partial charge in [-0.25, -0.2) is 13.2 Å². The minimum absolute atomic E-state index is 0.200. The van der Waals surface area contributed by atoms with E-state index in [0.717, 1.165) is 18.2 Å². The van der Waals surface area contributed by atoms with Crippen LogP contribution in [-0.4, -0.2) is 5.11 Å². The third kappa shape index (κ3) is 2.71. The molecule has 2 aromatic carbocycles. The molecular weight excluding hydrogens is 241 g/mol. The molecule has 0 aliphatic heterocycles. The molecule has 0 heterocycles. The van der Waals surface area contributed by atoms with Crippen LogP contribution in [0.5, 0.6) is 0 Å². The summed E-state index contributed by atoms with van der Waals surface area (Å²) < 4.78 is 39.7. The minimum atomic E-state index is -1.15. The zero-order valence-electron chi connectivity index (χ0n) is 9.41. The molecule has 1 atom stereocenters. The van der Waals surface area contributed by atoms with Gasteiger partial charge in [0.2, 0.25) is 0 Å². The van der Waals surface area contributed by atoms with Crippen LogP contribution in [-0.2, 0) is 6.42 Å². The van der Waals surface area contributed by atoms with Crippen molar-refractivity contribution in [2.75, 3.05) is 0 Å². The molecule has 0 radical (unpaired) electrons. The summed E-state index contributed by atoms with van der Waals surface area (Å²) in [5.74, 6) is -1.93. The summed E-state index contributed by atoms with van der Waals surface area (Å²) in [5, 5.41) is 9.85. The molecule has 0 fully saturated rings. The van der Waals surface area contributed by atoms with E-state index in [2.05, 4.69) is 0 Å². The minimum Gasteiger partial charge on any atom is -0.388 e. The average molecular weight is 252 g/mol. The number of benzene rings is 2. The Bertz CT molecular complexity index is 534.